The molecule has 1 atom stereocenters. The van der Waals surface area contributed by atoms with Crippen molar-refractivity contribution in [3.8, 4) is 0 Å². The Bertz CT molecular complexity index is 754. The molecule has 8 heteroatoms. The van der Waals surface area contributed by atoms with Crippen LogP contribution in [0.4, 0.5) is 10.7 Å². The first-order chi connectivity index (χ1) is 13.6. The van der Waals surface area contributed by atoms with Gasteiger partial charge in [0.05, 0.1) is 6.61 Å². The van der Waals surface area contributed by atoms with Gasteiger partial charge in [0.15, 0.2) is 5.16 Å². The molecule has 1 amide bonds. The highest BCUT2D eigenvalue weighted by molar-refractivity contribution is 7.98. The zero-order valence-corrected chi connectivity index (χ0v) is 18.4. The summed E-state index contributed by atoms with van der Waals surface area (Å²) < 4.78 is 7.25. The molecule has 1 unspecified atom stereocenters. The Labute approximate surface area is 176 Å². The standard InChI is InChI=1S/C20H29ClN4O2S/c1-4-7-10-15(5-2)13-27-20(26)22-18-23-24-19(25(18)6-3)28-14-16-11-8-9-12-17(16)21/h8-9,11-12,15H,4-7,10,13-14H2,1-3H3,(H,22,23,26). The number of hydrogen-bond acceptors (Lipinski definition) is 5. The van der Waals surface area contributed by atoms with E-state index < -0.39 is 6.09 Å². The fourth-order valence-corrected chi connectivity index (χ4v) is 4.04. The molecule has 1 N–H and O–H groups in total. The summed E-state index contributed by atoms with van der Waals surface area (Å²) in [7, 11) is 0. The first kappa shape index (κ1) is 22.6. The molecule has 0 aliphatic carbocycles. The summed E-state index contributed by atoms with van der Waals surface area (Å²) >= 11 is 7.74. The Morgan fingerprint density at radius 3 is 2.75 bits per heavy atom. The van der Waals surface area contributed by atoms with Crippen LogP contribution in [0.25, 0.3) is 0 Å². The molecule has 0 spiro atoms. The van der Waals surface area contributed by atoms with Crippen LogP contribution in [0.2, 0.25) is 5.02 Å². The normalized spacial score (nSPS) is 12.0. The zero-order chi connectivity index (χ0) is 20.4. The molecule has 6 nitrogen and oxygen atoms in total. The van der Waals surface area contributed by atoms with Crippen LogP contribution in [0.3, 0.4) is 0 Å². The molecular formula is C20H29ClN4O2S. The van der Waals surface area contributed by atoms with Gasteiger partial charge in [0.25, 0.3) is 0 Å². The third kappa shape index (κ3) is 6.71. The van der Waals surface area contributed by atoms with Gasteiger partial charge in [-0.2, -0.15) is 0 Å². The third-order valence-corrected chi connectivity index (χ3v) is 5.94. The Hall–Kier alpha value is -1.73. The number of halogens is 1. The van der Waals surface area contributed by atoms with Crippen LogP contribution in [0.5, 0.6) is 0 Å². The lowest BCUT2D eigenvalue weighted by Gasteiger charge is -2.15. The van der Waals surface area contributed by atoms with E-state index in [-0.39, 0.29) is 0 Å². The largest absolute Gasteiger partial charge is 0.449 e. The maximum absolute atomic E-state index is 12.2. The number of nitrogens with zero attached hydrogens (tertiary/aromatic N) is 3. The Morgan fingerprint density at radius 2 is 2.07 bits per heavy atom. The number of anilines is 1. The van der Waals surface area contributed by atoms with Gasteiger partial charge < -0.3 is 4.74 Å². The van der Waals surface area contributed by atoms with Crippen LogP contribution in [-0.4, -0.2) is 27.5 Å². The monoisotopic (exact) mass is 424 g/mol. The average molecular weight is 425 g/mol. The molecular weight excluding hydrogens is 396 g/mol. The van der Waals surface area contributed by atoms with Crippen molar-refractivity contribution in [3.05, 3.63) is 34.9 Å². The van der Waals surface area contributed by atoms with Gasteiger partial charge in [-0.15, -0.1) is 10.2 Å². The Balaban J connectivity index is 1.91. The van der Waals surface area contributed by atoms with Gasteiger partial charge in [0, 0.05) is 17.3 Å². The van der Waals surface area contributed by atoms with E-state index in [0.29, 0.717) is 30.8 Å². The van der Waals surface area contributed by atoms with E-state index in [1.165, 1.54) is 11.8 Å². The fourth-order valence-electron chi connectivity index (χ4n) is 2.75. The number of carbonyl (C=O) groups excluding carboxylic acids is 1. The number of nitrogens with one attached hydrogen (secondary N) is 1. The number of amides is 1. The summed E-state index contributed by atoms with van der Waals surface area (Å²) in [5.41, 5.74) is 1.03. The van der Waals surface area contributed by atoms with Gasteiger partial charge in [-0.3, -0.25) is 9.88 Å². The minimum Gasteiger partial charge on any atom is -0.449 e. The SMILES string of the molecule is CCCCC(CC)COC(=O)Nc1nnc(SCc2ccccc2Cl)n1CC. The van der Waals surface area contributed by atoms with E-state index in [1.807, 2.05) is 35.8 Å². The first-order valence-corrected chi connectivity index (χ1v) is 11.2. The number of ether oxygens (including phenoxy) is 1. The fraction of sp³-hybridized carbons (Fsp3) is 0.550. The lowest BCUT2D eigenvalue weighted by Crippen LogP contribution is -2.20. The lowest BCUT2D eigenvalue weighted by atomic mass is 10.0. The van der Waals surface area contributed by atoms with Crippen molar-refractivity contribution in [2.45, 2.75) is 63.9 Å². The summed E-state index contributed by atoms with van der Waals surface area (Å²) in [5.74, 6) is 1.48. The van der Waals surface area contributed by atoms with Gasteiger partial charge >= 0.3 is 6.09 Å². The molecule has 0 radical (unpaired) electrons. The Kier molecular flexibility index (Phi) is 9.64. The number of benzene rings is 1. The molecule has 1 aromatic carbocycles. The quantitative estimate of drug-likeness (QED) is 0.447. The first-order valence-electron chi connectivity index (χ1n) is 9.82. The van der Waals surface area contributed by atoms with Crippen molar-refractivity contribution in [2.75, 3.05) is 11.9 Å². The van der Waals surface area contributed by atoms with Crippen LogP contribution < -0.4 is 5.32 Å². The van der Waals surface area contributed by atoms with E-state index in [2.05, 4.69) is 29.4 Å². The minimum atomic E-state index is -0.486. The second-order valence-electron chi connectivity index (χ2n) is 6.57. The smallest absolute Gasteiger partial charge is 0.414 e. The van der Waals surface area contributed by atoms with Gasteiger partial charge in [-0.05, 0) is 30.9 Å². The van der Waals surface area contributed by atoms with Crippen molar-refractivity contribution in [2.24, 2.45) is 5.92 Å². The highest BCUT2D eigenvalue weighted by atomic mass is 35.5. The van der Waals surface area contributed by atoms with Gasteiger partial charge in [0.2, 0.25) is 5.95 Å². The van der Waals surface area contributed by atoms with Crippen molar-refractivity contribution < 1.29 is 9.53 Å². The van der Waals surface area contributed by atoms with Crippen LogP contribution in [0.1, 0.15) is 52.0 Å². The van der Waals surface area contributed by atoms with Crippen molar-refractivity contribution in [1.29, 1.82) is 0 Å². The van der Waals surface area contributed by atoms with Crippen molar-refractivity contribution in [1.82, 2.24) is 14.8 Å². The number of hydrogen-bond donors (Lipinski definition) is 1. The highest BCUT2D eigenvalue weighted by Crippen LogP contribution is 2.27. The van der Waals surface area contributed by atoms with Crippen LogP contribution in [-0.2, 0) is 17.0 Å². The second-order valence-corrected chi connectivity index (χ2v) is 7.92. The van der Waals surface area contributed by atoms with E-state index >= 15 is 0 Å². The van der Waals surface area contributed by atoms with Gasteiger partial charge in [-0.1, -0.05) is 74.7 Å². The van der Waals surface area contributed by atoms with Crippen molar-refractivity contribution in [3.63, 3.8) is 0 Å². The van der Waals surface area contributed by atoms with E-state index in [4.69, 9.17) is 16.3 Å². The maximum Gasteiger partial charge on any atom is 0.414 e. The average Bonchev–Trinajstić information content (AvgIpc) is 3.08. The number of rotatable bonds is 11. The van der Waals surface area contributed by atoms with Gasteiger partial charge in [-0.25, -0.2) is 4.79 Å². The lowest BCUT2D eigenvalue weighted by molar-refractivity contribution is 0.136. The molecule has 0 aliphatic rings. The molecule has 0 fully saturated rings. The molecule has 1 aromatic heterocycles. The zero-order valence-electron chi connectivity index (χ0n) is 16.8. The van der Waals surface area contributed by atoms with Gasteiger partial charge in [0.1, 0.15) is 0 Å². The van der Waals surface area contributed by atoms with E-state index in [0.717, 1.165) is 41.4 Å². The molecule has 0 aliphatic heterocycles. The highest BCUT2D eigenvalue weighted by Gasteiger charge is 2.16. The number of unbranched alkanes of at least 4 members (excludes halogenated alkanes) is 1. The molecule has 2 rings (SSSR count). The number of aromatic nitrogens is 3. The predicted molar refractivity (Wildman–Crippen MR) is 115 cm³/mol. The summed E-state index contributed by atoms with van der Waals surface area (Å²) in [6.07, 6.45) is 3.89. The molecule has 0 saturated heterocycles. The molecule has 154 valence electrons. The van der Waals surface area contributed by atoms with Crippen molar-refractivity contribution >= 4 is 35.4 Å². The molecule has 28 heavy (non-hydrogen) atoms. The summed E-state index contributed by atoms with van der Waals surface area (Å²) in [5, 5.41) is 12.5. The van der Waals surface area contributed by atoms with E-state index in [9.17, 15) is 4.79 Å². The molecule has 1 heterocycles. The number of thioether (sulfide) groups is 1. The number of carbonyl (C=O) groups is 1. The summed E-state index contributed by atoms with van der Waals surface area (Å²) in [6.45, 7) is 7.34. The minimum absolute atomic E-state index is 0.399. The van der Waals surface area contributed by atoms with Crippen LogP contribution in [0.15, 0.2) is 29.4 Å². The Morgan fingerprint density at radius 1 is 1.29 bits per heavy atom. The summed E-state index contributed by atoms with van der Waals surface area (Å²) in [6, 6.07) is 7.72. The van der Waals surface area contributed by atoms with E-state index in [1.54, 1.807) is 0 Å². The second kappa shape index (κ2) is 12.0. The van der Waals surface area contributed by atoms with Crippen LogP contribution >= 0.6 is 23.4 Å². The maximum atomic E-state index is 12.2. The molecule has 0 saturated carbocycles. The summed E-state index contributed by atoms with van der Waals surface area (Å²) in [4.78, 5) is 12.2. The molecule has 2 aromatic rings. The topological polar surface area (TPSA) is 69.0 Å². The predicted octanol–water partition coefficient (Wildman–Crippen LogP) is 6.01. The molecule has 0 bridgehead atoms. The van der Waals surface area contributed by atoms with Crippen LogP contribution in [0, 0.1) is 5.92 Å². The third-order valence-electron chi connectivity index (χ3n) is 4.55.